The number of ether oxygens (including phenoxy) is 2. The van der Waals surface area contributed by atoms with Gasteiger partial charge in [-0.3, -0.25) is 0 Å². The number of carbonyl (C=O) groups excluding carboxylic acids is 1. The van der Waals surface area contributed by atoms with Crippen molar-refractivity contribution < 1.29 is 14.3 Å². The first-order chi connectivity index (χ1) is 8.72. The minimum absolute atomic E-state index is 0.351. The van der Waals surface area contributed by atoms with Crippen molar-refractivity contribution in [3.05, 3.63) is 23.8 Å². The summed E-state index contributed by atoms with van der Waals surface area (Å²) >= 11 is 0. The van der Waals surface area contributed by atoms with E-state index >= 15 is 0 Å². The molecule has 98 valence electrons. The Morgan fingerprint density at radius 2 is 2.17 bits per heavy atom. The van der Waals surface area contributed by atoms with E-state index in [4.69, 9.17) is 15.2 Å². The number of morpholine rings is 1. The van der Waals surface area contributed by atoms with Crippen LogP contribution in [0.2, 0.25) is 0 Å². The van der Waals surface area contributed by atoms with Gasteiger partial charge < -0.3 is 20.1 Å². The Hall–Kier alpha value is -1.75. The summed E-state index contributed by atoms with van der Waals surface area (Å²) in [6.07, 6.45) is 0. The molecule has 5 nitrogen and oxygen atoms in total. The molecule has 0 amide bonds. The predicted molar refractivity (Wildman–Crippen MR) is 69.8 cm³/mol. The van der Waals surface area contributed by atoms with Gasteiger partial charge in [-0.15, -0.1) is 0 Å². The Labute approximate surface area is 106 Å². The summed E-state index contributed by atoms with van der Waals surface area (Å²) in [5.74, 6) is -0.372. The molecule has 0 unspecified atom stereocenters. The van der Waals surface area contributed by atoms with Gasteiger partial charge in [0.05, 0.1) is 25.4 Å². The highest BCUT2D eigenvalue weighted by atomic mass is 16.5. The third-order valence-corrected chi connectivity index (χ3v) is 2.91. The molecule has 1 heterocycles. The average Bonchev–Trinajstić information content (AvgIpc) is 2.40. The van der Waals surface area contributed by atoms with Gasteiger partial charge in [-0.1, -0.05) is 0 Å². The first kappa shape index (κ1) is 12.7. The van der Waals surface area contributed by atoms with Crippen LogP contribution in [0, 0.1) is 0 Å². The molecule has 0 atom stereocenters. The zero-order valence-electron chi connectivity index (χ0n) is 10.5. The Kier molecular flexibility index (Phi) is 4.04. The van der Waals surface area contributed by atoms with E-state index in [9.17, 15) is 4.79 Å². The minimum Gasteiger partial charge on any atom is -0.462 e. The summed E-state index contributed by atoms with van der Waals surface area (Å²) in [6, 6.07) is 5.43. The van der Waals surface area contributed by atoms with Crippen LogP contribution in [0.3, 0.4) is 0 Å². The fraction of sp³-hybridized carbons (Fsp3) is 0.462. The van der Waals surface area contributed by atoms with E-state index in [-0.39, 0.29) is 5.97 Å². The second-order valence-corrected chi connectivity index (χ2v) is 4.09. The molecule has 1 aromatic rings. The van der Waals surface area contributed by atoms with Gasteiger partial charge in [0.1, 0.15) is 0 Å². The molecule has 0 spiro atoms. The zero-order chi connectivity index (χ0) is 13.0. The van der Waals surface area contributed by atoms with Crippen LogP contribution in [0.15, 0.2) is 18.2 Å². The van der Waals surface area contributed by atoms with Gasteiger partial charge in [-0.05, 0) is 25.1 Å². The van der Waals surface area contributed by atoms with Crippen LogP contribution in [-0.4, -0.2) is 38.9 Å². The second kappa shape index (κ2) is 5.73. The van der Waals surface area contributed by atoms with Gasteiger partial charge in [-0.2, -0.15) is 0 Å². The third kappa shape index (κ3) is 2.73. The number of hydrogen-bond acceptors (Lipinski definition) is 5. The number of benzene rings is 1. The van der Waals surface area contributed by atoms with Crippen molar-refractivity contribution in [3.8, 4) is 0 Å². The molecular weight excluding hydrogens is 232 g/mol. The van der Waals surface area contributed by atoms with Crippen molar-refractivity contribution >= 4 is 17.3 Å². The molecule has 1 aliphatic rings. The lowest BCUT2D eigenvalue weighted by Crippen LogP contribution is -2.36. The minimum atomic E-state index is -0.372. The molecule has 1 saturated heterocycles. The molecule has 1 aliphatic heterocycles. The van der Waals surface area contributed by atoms with Crippen LogP contribution in [0.1, 0.15) is 17.3 Å². The van der Waals surface area contributed by atoms with E-state index < -0.39 is 0 Å². The molecule has 0 aliphatic carbocycles. The number of esters is 1. The van der Waals surface area contributed by atoms with E-state index in [1.54, 1.807) is 13.0 Å². The zero-order valence-corrected chi connectivity index (χ0v) is 10.5. The highest BCUT2D eigenvalue weighted by Crippen LogP contribution is 2.23. The molecule has 18 heavy (non-hydrogen) atoms. The van der Waals surface area contributed by atoms with Gasteiger partial charge >= 0.3 is 5.97 Å². The maximum absolute atomic E-state index is 11.6. The summed E-state index contributed by atoms with van der Waals surface area (Å²) in [5.41, 5.74) is 7.80. The third-order valence-electron chi connectivity index (χ3n) is 2.91. The van der Waals surface area contributed by atoms with E-state index in [0.29, 0.717) is 17.9 Å². The Morgan fingerprint density at radius 1 is 1.44 bits per heavy atom. The van der Waals surface area contributed by atoms with Crippen molar-refractivity contribution in [2.45, 2.75) is 6.92 Å². The normalized spacial score (nSPS) is 15.5. The second-order valence-electron chi connectivity index (χ2n) is 4.09. The smallest absolute Gasteiger partial charge is 0.340 e. The lowest BCUT2D eigenvalue weighted by Gasteiger charge is -2.29. The van der Waals surface area contributed by atoms with Gasteiger partial charge in [0.2, 0.25) is 0 Å². The van der Waals surface area contributed by atoms with Gasteiger partial charge in [0.25, 0.3) is 0 Å². The summed E-state index contributed by atoms with van der Waals surface area (Å²) in [5, 5.41) is 0. The van der Waals surface area contributed by atoms with Crippen molar-refractivity contribution in [3.63, 3.8) is 0 Å². The quantitative estimate of drug-likeness (QED) is 0.646. The summed E-state index contributed by atoms with van der Waals surface area (Å²) < 4.78 is 10.2. The first-order valence-corrected chi connectivity index (χ1v) is 6.11. The van der Waals surface area contributed by atoms with Crippen molar-refractivity contribution in [1.29, 1.82) is 0 Å². The van der Waals surface area contributed by atoms with Gasteiger partial charge in [0, 0.05) is 24.5 Å². The maximum atomic E-state index is 11.6. The lowest BCUT2D eigenvalue weighted by atomic mass is 10.1. The first-order valence-electron chi connectivity index (χ1n) is 6.11. The number of carbonyl (C=O) groups is 1. The number of nitrogen functional groups attached to an aromatic ring is 1. The molecule has 0 saturated carbocycles. The van der Waals surface area contributed by atoms with Gasteiger partial charge in [0.15, 0.2) is 0 Å². The predicted octanol–water partition coefficient (Wildman–Crippen LogP) is 1.28. The number of hydrogen-bond donors (Lipinski definition) is 1. The van der Waals surface area contributed by atoms with Gasteiger partial charge in [-0.25, -0.2) is 4.79 Å². The van der Waals surface area contributed by atoms with E-state index in [0.717, 1.165) is 32.0 Å². The molecule has 1 aromatic carbocycles. The lowest BCUT2D eigenvalue weighted by molar-refractivity contribution is 0.0527. The maximum Gasteiger partial charge on any atom is 0.340 e. The fourth-order valence-electron chi connectivity index (χ4n) is 1.96. The van der Waals surface area contributed by atoms with Crippen LogP contribution in [0.25, 0.3) is 0 Å². The standard InChI is InChI=1S/C13H18N2O3/c1-2-18-13(16)11-4-3-10(9-12(11)14)15-5-7-17-8-6-15/h3-4,9H,2,5-8,14H2,1H3. The summed E-state index contributed by atoms with van der Waals surface area (Å²) in [4.78, 5) is 13.8. The topological polar surface area (TPSA) is 64.8 Å². The average molecular weight is 250 g/mol. The largest absolute Gasteiger partial charge is 0.462 e. The number of nitrogens with zero attached hydrogens (tertiary/aromatic N) is 1. The van der Waals surface area contributed by atoms with E-state index in [2.05, 4.69) is 4.90 Å². The summed E-state index contributed by atoms with van der Waals surface area (Å²) in [6.45, 7) is 5.26. The number of nitrogens with two attached hydrogens (primary N) is 1. The Bertz CT molecular complexity index is 428. The van der Waals surface area contributed by atoms with Crippen LogP contribution in [0.5, 0.6) is 0 Å². The van der Waals surface area contributed by atoms with Crippen LogP contribution in [-0.2, 0) is 9.47 Å². The molecule has 0 aromatic heterocycles. The SMILES string of the molecule is CCOC(=O)c1ccc(N2CCOCC2)cc1N. The Morgan fingerprint density at radius 3 is 2.78 bits per heavy atom. The van der Waals surface area contributed by atoms with E-state index in [1.165, 1.54) is 0 Å². The highest BCUT2D eigenvalue weighted by molar-refractivity contribution is 5.95. The molecule has 2 N–H and O–H groups in total. The number of anilines is 2. The molecule has 2 rings (SSSR count). The van der Waals surface area contributed by atoms with Crippen LogP contribution in [0.4, 0.5) is 11.4 Å². The highest BCUT2D eigenvalue weighted by Gasteiger charge is 2.15. The number of rotatable bonds is 3. The van der Waals surface area contributed by atoms with Crippen molar-refractivity contribution in [1.82, 2.24) is 0 Å². The summed E-state index contributed by atoms with van der Waals surface area (Å²) in [7, 11) is 0. The Balaban J connectivity index is 2.16. The molecule has 0 radical (unpaired) electrons. The van der Waals surface area contributed by atoms with Crippen LogP contribution < -0.4 is 10.6 Å². The van der Waals surface area contributed by atoms with Crippen molar-refractivity contribution in [2.24, 2.45) is 0 Å². The van der Waals surface area contributed by atoms with E-state index in [1.807, 2.05) is 12.1 Å². The molecule has 0 bridgehead atoms. The molecule has 5 heteroatoms. The monoisotopic (exact) mass is 250 g/mol. The van der Waals surface area contributed by atoms with Crippen molar-refractivity contribution in [2.75, 3.05) is 43.5 Å². The fourth-order valence-corrected chi connectivity index (χ4v) is 1.96. The molecular formula is C13H18N2O3. The molecule has 1 fully saturated rings. The van der Waals surface area contributed by atoms with Crippen LogP contribution >= 0.6 is 0 Å².